The summed E-state index contributed by atoms with van der Waals surface area (Å²) in [5.41, 5.74) is 3.44. The maximum absolute atomic E-state index is 10.3. The summed E-state index contributed by atoms with van der Waals surface area (Å²) in [5.74, 6) is 0. The Morgan fingerprint density at radius 1 is 1.38 bits per heavy atom. The first-order valence-electron chi connectivity index (χ1n) is 5.43. The van der Waals surface area contributed by atoms with Gasteiger partial charge in [-0.3, -0.25) is 4.79 Å². The Bertz CT molecular complexity index is 401. The van der Waals surface area contributed by atoms with E-state index in [1.165, 1.54) is 5.56 Å². The molecule has 0 bridgehead atoms. The Morgan fingerprint density at radius 3 is 2.88 bits per heavy atom. The second-order valence-corrected chi connectivity index (χ2v) is 4.67. The van der Waals surface area contributed by atoms with E-state index >= 15 is 0 Å². The molecule has 0 saturated carbocycles. The highest BCUT2D eigenvalue weighted by molar-refractivity contribution is 5.74. The van der Waals surface area contributed by atoms with Crippen molar-refractivity contribution in [3.8, 4) is 0 Å². The molecular formula is C12H17N3O. The highest BCUT2D eigenvalue weighted by atomic mass is 16.1. The van der Waals surface area contributed by atoms with Crippen LogP contribution in [0.4, 0.5) is 11.4 Å². The molecular weight excluding hydrogens is 202 g/mol. The van der Waals surface area contributed by atoms with Gasteiger partial charge in [0, 0.05) is 12.0 Å². The third-order valence-corrected chi connectivity index (χ3v) is 2.99. The molecule has 0 saturated heterocycles. The Morgan fingerprint density at radius 2 is 2.12 bits per heavy atom. The van der Waals surface area contributed by atoms with Gasteiger partial charge in [-0.05, 0) is 17.7 Å². The van der Waals surface area contributed by atoms with Crippen molar-refractivity contribution >= 4 is 17.8 Å². The largest absolute Gasteiger partial charge is 0.366 e. The maximum atomic E-state index is 10.3. The standard InChI is InChI=1S/C12H17N3O/c1-12(2,6-13-8-16)9-3-4-10-11(5-9)15-7-14-10/h3-5,8,14-15H,6-7H2,1-2H3,(H,13,16). The van der Waals surface area contributed by atoms with E-state index < -0.39 is 0 Å². The molecule has 1 aliphatic rings. The van der Waals surface area contributed by atoms with Gasteiger partial charge in [-0.2, -0.15) is 0 Å². The fraction of sp³-hybridized carbons (Fsp3) is 0.417. The zero-order valence-corrected chi connectivity index (χ0v) is 9.63. The van der Waals surface area contributed by atoms with E-state index in [9.17, 15) is 4.79 Å². The summed E-state index contributed by atoms with van der Waals surface area (Å²) < 4.78 is 0. The lowest BCUT2D eigenvalue weighted by atomic mass is 9.84. The predicted molar refractivity (Wildman–Crippen MR) is 65.6 cm³/mol. The first kappa shape index (κ1) is 10.8. The van der Waals surface area contributed by atoms with Crippen LogP contribution in [0.25, 0.3) is 0 Å². The van der Waals surface area contributed by atoms with Crippen LogP contribution >= 0.6 is 0 Å². The molecule has 0 fully saturated rings. The Hall–Kier alpha value is -1.71. The van der Waals surface area contributed by atoms with Gasteiger partial charge in [0.2, 0.25) is 6.41 Å². The van der Waals surface area contributed by atoms with Crippen molar-refractivity contribution in [3.05, 3.63) is 23.8 Å². The first-order valence-corrected chi connectivity index (χ1v) is 5.43. The number of carbonyl (C=O) groups excluding carboxylic acids is 1. The normalized spacial score (nSPS) is 13.6. The number of hydrogen-bond acceptors (Lipinski definition) is 3. The number of anilines is 2. The third kappa shape index (κ3) is 1.96. The molecule has 0 spiro atoms. The summed E-state index contributed by atoms with van der Waals surface area (Å²) in [6, 6.07) is 6.32. The molecule has 86 valence electrons. The number of carbonyl (C=O) groups is 1. The fourth-order valence-electron chi connectivity index (χ4n) is 1.90. The minimum atomic E-state index is -0.0553. The van der Waals surface area contributed by atoms with Gasteiger partial charge in [-0.25, -0.2) is 0 Å². The summed E-state index contributed by atoms with van der Waals surface area (Å²) in [7, 11) is 0. The van der Waals surface area contributed by atoms with Gasteiger partial charge in [0.05, 0.1) is 18.0 Å². The first-order chi connectivity index (χ1) is 7.63. The van der Waals surface area contributed by atoms with E-state index in [1.54, 1.807) is 0 Å². The monoisotopic (exact) mass is 219 g/mol. The second-order valence-electron chi connectivity index (χ2n) is 4.67. The minimum Gasteiger partial charge on any atom is -0.366 e. The van der Waals surface area contributed by atoms with Gasteiger partial charge in [-0.1, -0.05) is 19.9 Å². The summed E-state index contributed by atoms with van der Waals surface area (Å²) in [4.78, 5) is 10.3. The van der Waals surface area contributed by atoms with Crippen LogP contribution in [0.5, 0.6) is 0 Å². The number of fused-ring (bicyclic) bond motifs is 1. The molecule has 1 aromatic carbocycles. The number of benzene rings is 1. The van der Waals surface area contributed by atoms with E-state index in [1.807, 2.05) is 0 Å². The van der Waals surface area contributed by atoms with Gasteiger partial charge < -0.3 is 16.0 Å². The van der Waals surface area contributed by atoms with Crippen molar-refractivity contribution in [2.45, 2.75) is 19.3 Å². The van der Waals surface area contributed by atoms with Crippen LogP contribution in [0.1, 0.15) is 19.4 Å². The number of amides is 1. The molecule has 1 amide bonds. The summed E-state index contributed by atoms with van der Waals surface area (Å²) in [6.45, 7) is 5.66. The smallest absolute Gasteiger partial charge is 0.207 e. The quantitative estimate of drug-likeness (QED) is 0.673. The van der Waals surface area contributed by atoms with Gasteiger partial charge in [0.25, 0.3) is 0 Å². The Labute approximate surface area is 95.4 Å². The predicted octanol–water partition coefficient (Wildman–Crippen LogP) is 1.51. The molecule has 0 atom stereocenters. The SMILES string of the molecule is CC(C)(CNC=O)c1ccc2c(c1)NCN2. The molecule has 16 heavy (non-hydrogen) atoms. The van der Waals surface area contributed by atoms with E-state index in [0.29, 0.717) is 6.54 Å². The highest BCUT2D eigenvalue weighted by Crippen LogP contribution is 2.32. The maximum Gasteiger partial charge on any atom is 0.207 e. The van der Waals surface area contributed by atoms with Crippen molar-refractivity contribution in [2.75, 3.05) is 23.8 Å². The van der Waals surface area contributed by atoms with Crippen molar-refractivity contribution in [2.24, 2.45) is 0 Å². The molecule has 1 heterocycles. The summed E-state index contributed by atoms with van der Waals surface area (Å²) in [5, 5.41) is 9.24. The molecule has 3 N–H and O–H groups in total. The molecule has 1 aromatic rings. The third-order valence-electron chi connectivity index (χ3n) is 2.99. The average molecular weight is 219 g/mol. The molecule has 0 aliphatic carbocycles. The van der Waals surface area contributed by atoms with Crippen molar-refractivity contribution in [1.82, 2.24) is 5.32 Å². The summed E-state index contributed by atoms with van der Waals surface area (Å²) in [6.07, 6.45) is 0.745. The molecule has 0 radical (unpaired) electrons. The van der Waals surface area contributed by atoms with Gasteiger partial charge in [-0.15, -0.1) is 0 Å². The lowest BCUT2D eigenvalue weighted by molar-refractivity contribution is -0.109. The van der Waals surface area contributed by atoms with Crippen molar-refractivity contribution in [1.29, 1.82) is 0 Å². The molecule has 4 nitrogen and oxygen atoms in total. The zero-order chi connectivity index (χ0) is 11.6. The molecule has 2 rings (SSSR count). The second kappa shape index (κ2) is 4.04. The van der Waals surface area contributed by atoms with E-state index in [2.05, 4.69) is 48.0 Å². The van der Waals surface area contributed by atoms with Gasteiger partial charge >= 0.3 is 0 Å². The number of nitrogens with one attached hydrogen (secondary N) is 3. The van der Waals surface area contributed by atoms with Crippen LogP contribution in [0.15, 0.2) is 18.2 Å². The highest BCUT2D eigenvalue weighted by Gasteiger charge is 2.22. The average Bonchev–Trinajstić information content (AvgIpc) is 2.73. The minimum absolute atomic E-state index is 0.0553. The van der Waals surface area contributed by atoms with Gasteiger partial charge in [0.15, 0.2) is 0 Å². The topological polar surface area (TPSA) is 53.2 Å². The lowest BCUT2D eigenvalue weighted by Gasteiger charge is -2.25. The van der Waals surface area contributed by atoms with Crippen LogP contribution in [0.2, 0.25) is 0 Å². The van der Waals surface area contributed by atoms with Crippen LogP contribution in [-0.4, -0.2) is 19.6 Å². The van der Waals surface area contributed by atoms with E-state index in [4.69, 9.17) is 0 Å². The fourth-order valence-corrected chi connectivity index (χ4v) is 1.90. The van der Waals surface area contributed by atoms with Crippen molar-refractivity contribution < 1.29 is 4.79 Å². The van der Waals surface area contributed by atoms with Crippen LogP contribution in [0, 0.1) is 0 Å². The number of hydrogen-bond donors (Lipinski definition) is 3. The van der Waals surface area contributed by atoms with Crippen molar-refractivity contribution in [3.63, 3.8) is 0 Å². The molecule has 0 aromatic heterocycles. The summed E-state index contributed by atoms with van der Waals surface area (Å²) >= 11 is 0. The lowest BCUT2D eigenvalue weighted by Crippen LogP contribution is -2.32. The van der Waals surface area contributed by atoms with Crippen LogP contribution in [-0.2, 0) is 10.2 Å². The van der Waals surface area contributed by atoms with Crippen LogP contribution in [0.3, 0.4) is 0 Å². The zero-order valence-electron chi connectivity index (χ0n) is 9.63. The van der Waals surface area contributed by atoms with E-state index in [0.717, 1.165) is 24.5 Å². The molecule has 0 unspecified atom stereocenters. The van der Waals surface area contributed by atoms with Gasteiger partial charge in [0.1, 0.15) is 0 Å². The Balaban J connectivity index is 2.23. The molecule has 1 aliphatic heterocycles. The number of rotatable bonds is 4. The Kier molecular flexibility index (Phi) is 2.73. The molecule has 4 heteroatoms. The van der Waals surface area contributed by atoms with E-state index in [-0.39, 0.29) is 5.41 Å². The van der Waals surface area contributed by atoms with Crippen LogP contribution < -0.4 is 16.0 Å².